The third-order valence-corrected chi connectivity index (χ3v) is 4.78. The van der Waals surface area contributed by atoms with Crippen molar-refractivity contribution in [3.05, 3.63) is 0 Å². The molecule has 2 aliphatic rings. The van der Waals surface area contributed by atoms with Gasteiger partial charge in [0.15, 0.2) is 0 Å². The van der Waals surface area contributed by atoms with Crippen molar-refractivity contribution in [2.45, 2.75) is 50.7 Å². The fourth-order valence-electron chi connectivity index (χ4n) is 3.21. The molecule has 2 fully saturated rings. The lowest BCUT2D eigenvalue weighted by molar-refractivity contribution is -0.129. The Labute approximate surface area is 114 Å². The van der Waals surface area contributed by atoms with E-state index in [2.05, 4.69) is 5.32 Å². The van der Waals surface area contributed by atoms with Crippen molar-refractivity contribution < 1.29 is 14.6 Å². The third-order valence-electron chi connectivity index (χ3n) is 4.78. The van der Waals surface area contributed by atoms with Crippen LogP contribution in [0.25, 0.3) is 0 Å². The molecule has 1 saturated heterocycles. The molecule has 4 N–H and O–H groups in total. The summed E-state index contributed by atoms with van der Waals surface area (Å²) in [6.45, 7) is 3.26. The molecule has 1 saturated carbocycles. The monoisotopic (exact) mass is 270 g/mol. The highest BCUT2D eigenvalue weighted by molar-refractivity contribution is 5.79. The highest BCUT2D eigenvalue weighted by Gasteiger charge is 2.40. The van der Waals surface area contributed by atoms with Crippen LogP contribution in [0.4, 0.5) is 0 Å². The number of carbonyl (C=O) groups excluding carboxylic acids is 1. The van der Waals surface area contributed by atoms with Crippen molar-refractivity contribution in [2.75, 3.05) is 19.7 Å². The standard InChI is InChI=1S/C14H26N2O3/c1-10-14(18,6-7-19-10)9-16-13(17)12-5-3-2-4-11(12)8-15/h10-12,18H,2-9,15H2,1H3,(H,16,17). The van der Waals surface area contributed by atoms with Crippen LogP contribution in [0.2, 0.25) is 0 Å². The van der Waals surface area contributed by atoms with Crippen LogP contribution in [-0.4, -0.2) is 42.4 Å². The van der Waals surface area contributed by atoms with Crippen molar-refractivity contribution in [3.8, 4) is 0 Å². The summed E-state index contributed by atoms with van der Waals surface area (Å²) in [5, 5.41) is 13.3. The normalized spacial score (nSPS) is 39.2. The lowest BCUT2D eigenvalue weighted by Crippen LogP contribution is -2.50. The van der Waals surface area contributed by atoms with Gasteiger partial charge in [0.25, 0.3) is 0 Å². The maximum absolute atomic E-state index is 12.3. The minimum absolute atomic E-state index is 0.0139. The second kappa shape index (κ2) is 6.20. The first-order valence-electron chi connectivity index (χ1n) is 7.38. The van der Waals surface area contributed by atoms with Gasteiger partial charge in [0, 0.05) is 25.5 Å². The van der Waals surface area contributed by atoms with Gasteiger partial charge in [0.05, 0.1) is 6.10 Å². The van der Waals surface area contributed by atoms with Gasteiger partial charge in [-0.3, -0.25) is 4.79 Å². The number of hydrogen-bond donors (Lipinski definition) is 3. The number of rotatable bonds is 4. The molecule has 5 heteroatoms. The fourth-order valence-corrected chi connectivity index (χ4v) is 3.21. The van der Waals surface area contributed by atoms with Crippen molar-refractivity contribution in [2.24, 2.45) is 17.6 Å². The van der Waals surface area contributed by atoms with E-state index in [0.717, 1.165) is 19.3 Å². The first-order valence-corrected chi connectivity index (χ1v) is 7.38. The lowest BCUT2D eigenvalue weighted by Gasteiger charge is -2.31. The van der Waals surface area contributed by atoms with E-state index in [1.165, 1.54) is 6.42 Å². The zero-order valence-corrected chi connectivity index (χ0v) is 11.7. The highest BCUT2D eigenvalue weighted by Crippen LogP contribution is 2.30. The average molecular weight is 270 g/mol. The molecule has 4 unspecified atom stereocenters. The summed E-state index contributed by atoms with van der Waals surface area (Å²) in [6.07, 6.45) is 4.58. The fraction of sp³-hybridized carbons (Fsp3) is 0.929. The van der Waals surface area contributed by atoms with Gasteiger partial charge in [-0.25, -0.2) is 0 Å². The van der Waals surface area contributed by atoms with Gasteiger partial charge in [0.1, 0.15) is 5.60 Å². The molecule has 1 amide bonds. The summed E-state index contributed by atoms with van der Waals surface area (Å²) < 4.78 is 5.37. The quantitative estimate of drug-likeness (QED) is 0.690. The van der Waals surface area contributed by atoms with E-state index in [1.54, 1.807) is 0 Å². The molecule has 0 aromatic rings. The molecule has 0 radical (unpaired) electrons. The molecule has 110 valence electrons. The van der Waals surface area contributed by atoms with Gasteiger partial charge in [-0.15, -0.1) is 0 Å². The van der Waals surface area contributed by atoms with E-state index in [-0.39, 0.29) is 24.5 Å². The maximum Gasteiger partial charge on any atom is 0.223 e. The van der Waals surface area contributed by atoms with Gasteiger partial charge in [0.2, 0.25) is 5.91 Å². The lowest BCUT2D eigenvalue weighted by atomic mass is 9.78. The van der Waals surface area contributed by atoms with E-state index in [9.17, 15) is 9.90 Å². The predicted molar refractivity (Wildman–Crippen MR) is 72.5 cm³/mol. The van der Waals surface area contributed by atoms with Gasteiger partial charge in [-0.1, -0.05) is 12.8 Å². The van der Waals surface area contributed by atoms with Gasteiger partial charge in [-0.2, -0.15) is 0 Å². The van der Waals surface area contributed by atoms with Crippen LogP contribution in [0.15, 0.2) is 0 Å². The molecule has 1 aliphatic heterocycles. The van der Waals surface area contributed by atoms with Crippen molar-refractivity contribution >= 4 is 5.91 Å². The topological polar surface area (TPSA) is 84.6 Å². The van der Waals surface area contributed by atoms with Crippen LogP contribution in [0.3, 0.4) is 0 Å². The molecule has 19 heavy (non-hydrogen) atoms. The van der Waals surface area contributed by atoms with E-state index in [4.69, 9.17) is 10.5 Å². The first kappa shape index (κ1) is 14.8. The molecular weight excluding hydrogens is 244 g/mol. The number of nitrogens with one attached hydrogen (secondary N) is 1. The average Bonchev–Trinajstić information content (AvgIpc) is 2.76. The van der Waals surface area contributed by atoms with Crippen LogP contribution < -0.4 is 11.1 Å². The Morgan fingerprint density at radius 1 is 1.47 bits per heavy atom. The Balaban J connectivity index is 1.86. The molecule has 1 aliphatic carbocycles. The maximum atomic E-state index is 12.3. The second-order valence-electron chi connectivity index (χ2n) is 5.97. The SMILES string of the molecule is CC1OCCC1(O)CNC(=O)C1CCCCC1CN. The Bertz CT molecular complexity index is 324. The first-order chi connectivity index (χ1) is 9.07. The van der Waals surface area contributed by atoms with Crippen molar-refractivity contribution in [1.29, 1.82) is 0 Å². The van der Waals surface area contributed by atoms with Crippen LogP contribution in [0.1, 0.15) is 39.0 Å². The van der Waals surface area contributed by atoms with Crippen LogP contribution in [-0.2, 0) is 9.53 Å². The summed E-state index contributed by atoms with van der Waals surface area (Å²) in [5.74, 6) is 0.350. The van der Waals surface area contributed by atoms with E-state index in [0.29, 0.717) is 25.5 Å². The van der Waals surface area contributed by atoms with Gasteiger partial charge >= 0.3 is 0 Å². The Morgan fingerprint density at radius 3 is 2.84 bits per heavy atom. The van der Waals surface area contributed by atoms with Crippen LogP contribution in [0.5, 0.6) is 0 Å². The summed E-state index contributed by atoms with van der Waals surface area (Å²) in [5.41, 5.74) is 4.83. The Morgan fingerprint density at radius 2 is 2.21 bits per heavy atom. The molecular formula is C14H26N2O3. The number of hydrogen-bond acceptors (Lipinski definition) is 4. The van der Waals surface area contributed by atoms with Crippen molar-refractivity contribution in [3.63, 3.8) is 0 Å². The Kier molecular flexibility index (Phi) is 4.81. The van der Waals surface area contributed by atoms with Crippen molar-refractivity contribution in [1.82, 2.24) is 5.32 Å². The summed E-state index contributed by atoms with van der Waals surface area (Å²) in [6, 6.07) is 0. The number of aliphatic hydroxyl groups is 1. The zero-order chi connectivity index (χ0) is 13.9. The molecule has 0 bridgehead atoms. The minimum Gasteiger partial charge on any atom is -0.385 e. The molecule has 0 spiro atoms. The van der Waals surface area contributed by atoms with Gasteiger partial charge in [-0.05, 0) is 32.2 Å². The zero-order valence-electron chi connectivity index (χ0n) is 11.7. The predicted octanol–water partition coefficient (Wildman–Crippen LogP) is 0.408. The number of ether oxygens (including phenoxy) is 1. The van der Waals surface area contributed by atoms with E-state index in [1.807, 2.05) is 6.92 Å². The minimum atomic E-state index is -0.914. The molecule has 2 rings (SSSR count). The van der Waals surface area contributed by atoms with E-state index >= 15 is 0 Å². The molecule has 0 aromatic carbocycles. The number of nitrogens with two attached hydrogens (primary N) is 1. The summed E-state index contributed by atoms with van der Waals surface area (Å²) in [7, 11) is 0. The highest BCUT2D eigenvalue weighted by atomic mass is 16.5. The summed E-state index contributed by atoms with van der Waals surface area (Å²) >= 11 is 0. The van der Waals surface area contributed by atoms with Gasteiger partial charge < -0.3 is 20.9 Å². The summed E-state index contributed by atoms with van der Waals surface area (Å²) in [4.78, 5) is 12.3. The molecule has 1 heterocycles. The Hall–Kier alpha value is -0.650. The second-order valence-corrected chi connectivity index (χ2v) is 5.97. The molecule has 5 nitrogen and oxygen atoms in total. The number of carbonyl (C=O) groups is 1. The third kappa shape index (κ3) is 3.27. The smallest absolute Gasteiger partial charge is 0.223 e. The molecule has 4 atom stereocenters. The van der Waals surface area contributed by atoms with Crippen LogP contribution in [0, 0.1) is 11.8 Å². The van der Waals surface area contributed by atoms with Crippen LogP contribution >= 0.6 is 0 Å². The van der Waals surface area contributed by atoms with E-state index < -0.39 is 5.60 Å². The number of amides is 1. The largest absolute Gasteiger partial charge is 0.385 e. The molecule has 0 aromatic heterocycles.